The molecule has 0 heterocycles. The van der Waals surface area contributed by atoms with Gasteiger partial charge in [-0.2, -0.15) is 0 Å². The zero-order valence-electron chi connectivity index (χ0n) is 10.2. The van der Waals surface area contributed by atoms with Crippen molar-refractivity contribution in [3.05, 3.63) is 0 Å². The van der Waals surface area contributed by atoms with E-state index in [1.54, 1.807) is 0 Å². The maximum absolute atomic E-state index is 3.47. The van der Waals surface area contributed by atoms with Crippen molar-refractivity contribution in [1.82, 2.24) is 5.32 Å². The van der Waals surface area contributed by atoms with E-state index in [9.17, 15) is 0 Å². The molecule has 0 aromatic carbocycles. The van der Waals surface area contributed by atoms with Crippen molar-refractivity contribution >= 4 is 0 Å². The minimum Gasteiger partial charge on any atom is -0.317 e. The van der Waals surface area contributed by atoms with Gasteiger partial charge in [0.05, 0.1) is 0 Å². The van der Waals surface area contributed by atoms with Crippen molar-refractivity contribution in [3.8, 4) is 0 Å². The van der Waals surface area contributed by atoms with Crippen LogP contribution in [0.1, 0.15) is 58.8 Å². The van der Waals surface area contributed by atoms with Crippen LogP contribution in [0.5, 0.6) is 0 Å². The summed E-state index contributed by atoms with van der Waals surface area (Å²) in [6, 6.07) is 0.734. The highest BCUT2D eigenvalue weighted by atomic mass is 14.9. The van der Waals surface area contributed by atoms with Crippen molar-refractivity contribution in [2.75, 3.05) is 7.05 Å². The van der Waals surface area contributed by atoms with Gasteiger partial charge in [0.1, 0.15) is 0 Å². The van der Waals surface area contributed by atoms with E-state index in [2.05, 4.69) is 26.2 Å². The molecular weight excluding hydrogens is 170 g/mol. The van der Waals surface area contributed by atoms with E-state index < -0.39 is 0 Å². The topological polar surface area (TPSA) is 12.0 Å². The Kier molecular flexibility index (Phi) is 5.54. The van der Waals surface area contributed by atoms with E-state index in [-0.39, 0.29) is 0 Å². The molecule has 0 amide bonds. The van der Waals surface area contributed by atoms with Crippen LogP contribution in [0.3, 0.4) is 0 Å². The summed E-state index contributed by atoms with van der Waals surface area (Å²) in [5, 5.41) is 3.47. The maximum Gasteiger partial charge on any atom is 0.00896 e. The number of hydrogen-bond donors (Lipinski definition) is 1. The monoisotopic (exact) mass is 197 g/mol. The van der Waals surface area contributed by atoms with Gasteiger partial charge in [0.15, 0.2) is 0 Å². The van der Waals surface area contributed by atoms with Crippen molar-refractivity contribution < 1.29 is 0 Å². The van der Waals surface area contributed by atoms with E-state index in [1.165, 1.54) is 44.9 Å². The van der Waals surface area contributed by atoms with Gasteiger partial charge in [-0.3, -0.25) is 0 Å². The SMILES string of the molecule is CN[C@H](CC1CCCCCC1)C(C)C. The Balaban J connectivity index is 2.32. The third-order valence-corrected chi connectivity index (χ3v) is 3.74. The zero-order chi connectivity index (χ0) is 10.4. The lowest BCUT2D eigenvalue weighted by molar-refractivity contribution is 0.312. The molecule has 0 bridgehead atoms. The highest BCUT2D eigenvalue weighted by molar-refractivity contribution is 4.75. The molecule has 0 spiro atoms. The van der Waals surface area contributed by atoms with Gasteiger partial charge in [0, 0.05) is 6.04 Å². The molecule has 0 saturated heterocycles. The van der Waals surface area contributed by atoms with E-state index in [0.29, 0.717) is 0 Å². The summed E-state index contributed by atoms with van der Waals surface area (Å²) in [6.45, 7) is 4.66. The molecule has 0 aliphatic heterocycles. The first-order valence-corrected chi connectivity index (χ1v) is 6.41. The molecule has 1 aliphatic carbocycles. The van der Waals surface area contributed by atoms with Crippen LogP contribution in [0, 0.1) is 11.8 Å². The molecule has 0 aromatic rings. The van der Waals surface area contributed by atoms with Gasteiger partial charge in [-0.15, -0.1) is 0 Å². The lowest BCUT2D eigenvalue weighted by Gasteiger charge is -2.25. The molecule has 1 heteroatoms. The normalized spacial score (nSPS) is 22.3. The quantitative estimate of drug-likeness (QED) is 0.679. The number of rotatable bonds is 4. The molecule has 1 aliphatic rings. The van der Waals surface area contributed by atoms with Gasteiger partial charge in [-0.1, -0.05) is 52.4 Å². The Morgan fingerprint density at radius 3 is 2.07 bits per heavy atom. The molecule has 1 nitrogen and oxygen atoms in total. The van der Waals surface area contributed by atoms with Gasteiger partial charge in [-0.25, -0.2) is 0 Å². The largest absolute Gasteiger partial charge is 0.317 e. The van der Waals surface area contributed by atoms with Crippen LogP contribution < -0.4 is 5.32 Å². The van der Waals surface area contributed by atoms with E-state index in [4.69, 9.17) is 0 Å². The second-order valence-corrected chi connectivity index (χ2v) is 5.23. The van der Waals surface area contributed by atoms with Gasteiger partial charge in [0.2, 0.25) is 0 Å². The van der Waals surface area contributed by atoms with Crippen molar-refractivity contribution in [2.45, 2.75) is 64.8 Å². The first kappa shape index (κ1) is 12.0. The van der Waals surface area contributed by atoms with Gasteiger partial charge in [0.25, 0.3) is 0 Å². The smallest absolute Gasteiger partial charge is 0.00896 e. The van der Waals surface area contributed by atoms with E-state index >= 15 is 0 Å². The summed E-state index contributed by atoms with van der Waals surface area (Å²) < 4.78 is 0. The molecule has 1 saturated carbocycles. The Bertz CT molecular complexity index is 134. The van der Waals surface area contributed by atoms with Crippen LogP contribution in [-0.2, 0) is 0 Å². The van der Waals surface area contributed by atoms with Gasteiger partial charge in [-0.05, 0) is 25.3 Å². The van der Waals surface area contributed by atoms with Crippen LogP contribution in [0.15, 0.2) is 0 Å². The fourth-order valence-corrected chi connectivity index (χ4v) is 2.68. The fraction of sp³-hybridized carbons (Fsp3) is 1.00. The summed E-state index contributed by atoms with van der Waals surface area (Å²) in [7, 11) is 2.11. The molecule has 0 unspecified atom stereocenters. The lowest BCUT2D eigenvalue weighted by Crippen LogP contribution is -2.32. The molecule has 1 N–H and O–H groups in total. The van der Waals surface area contributed by atoms with Gasteiger partial charge >= 0.3 is 0 Å². The minimum atomic E-state index is 0.734. The molecular formula is C13H27N. The van der Waals surface area contributed by atoms with Crippen LogP contribution in [0.2, 0.25) is 0 Å². The van der Waals surface area contributed by atoms with E-state index in [1.807, 2.05) is 0 Å². The first-order chi connectivity index (χ1) is 6.74. The summed E-state index contributed by atoms with van der Waals surface area (Å²) >= 11 is 0. The standard InChI is InChI=1S/C13H27N/c1-11(2)13(14-3)10-12-8-6-4-5-7-9-12/h11-14H,4-10H2,1-3H3/t13-/m1/s1. The highest BCUT2D eigenvalue weighted by Gasteiger charge is 2.18. The average molecular weight is 197 g/mol. The Morgan fingerprint density at radius 2 is 1.64 bits per heavy atom. The second-order valence-electron chi connectivity index (χ2n) is 5.23. The second kappa shape index (κ2) is 6.44. The van der Waals surface area contributed by atoms with Crippen LogP contribution in [-0.4, -0.2) is 13.1 Å². The molecule has 1 rings (SSSR count). The third-order valence-electron chi connectivity index (χ3n) is 3.74. The average Bonchev–Trinajstić information content (AvgIpc) is 2.41. The number of nitrogens with one attached hydrogen (secondary N) is 1. The number of hydrogen-bond acceptors (Lipinski definition) is 1. The predicted octanol–water partition coefficient (Wildman–Crippen LogP) is 3.59. The Labute approximate surface area is 89.7 Å². The van der Waals surface area contributed by atoms with E-state index in [0.717, 1.165) is 17.9 Å². The van der Waals surface area contributed by atoms with Crippen LogP contribution in [0.25, 0.3) is 0 Å². The summed E-state index contributed by atoms with van der Waals surface area (Å²) in [5.74, 6) is 1.78. The molecule has 0 aromatic heterocycles. The fourth-order valence-electron chi connectivity index (χ4n) is 2.68. The molecule has 0 radical (unpaired) electrons. The Hall–Kier alpha value is -0.0400. The third kappa shape index (κ3) is 4.00. The van der Waals surface area contributed by atoms with Crippen molar-refractivity contribution in [1.29, 1.82) is 0 Å². The summed E-state index contributed by atoms with van der Waals surface area (Å²) in [5.41, 5.74) is 0. The first-order valence-electron chi connectivity index (χ1n) is 6.41. The van der Waals surface area contributed by atoms with Crippen LogP contribution >= 0.6 is 0 Å². The van der Waals surface area contributed by atoms with Crippen molar-refractivity contribution in [2.24, 2.45) is 11.8 Å². The van der Waals surface area contributed by atoms with Gasteiger partial charge < -0.3 is 5.32 Å². The zero-order valence-corrected chi connectivity index (χ0v) is 10.2. The summed E-state index contributed by atoms with van der Waals surface area (Å²) in [4.78, 5) is 0. The molecule has 84 valence electrons. The summed E-state index contributed by atoms with van der Waals surface area (Å²) in [6.07, 6.45) is 10.2. The van der Waals surface area contributed by atoms with Crippen molar-refractivity contribution in [3.63, 3.8) is 0 Å². The predicted molar refractivity (Wildman–Crippen MR) is 63.5 cm³/mol. The molecule has 14 heavy (non-hydrogen) atoms. The Morgan fingerprint density at radius 1 is 1.07 bits per heavy atom. The highest BCUT2D eigenvalue weighted by Crippen LogP contribution is 2.27. The molecule has 1 fully saturated rings. The minimum absolute atomic E-state index is 0.734. The van der Waals surface area contributed by atoms with Crippen LogP contribution in [0.4, 0.5) is 0 Å². The molecule has 1 atom stereocenters. The lowest BCUT2D eigenvalue weighted by atomic mass is 9.88. The maximum atomic E-state index is 3.47.